The number of unbranched alkanes of at least 4 members (excludes halogenated alkanes) is 3. The first-order chi connectivity index (χ1) is 12.9. The van der Waals surface area contributed by atoms with E-state index in [0.29, 0.717) is 6.01 Å². The Morgan fingerprint density at radius 1 is 0.885 bits per heavy atom. The van der Waals surface area contributed by atoms with Gasteiger partial charge in [0.2, 0.25) is 0 Å². The van der Waals surface area contributed by atoms with E-state index in [1.54, 1.807) is 11.8 Å². The molecule has 5 nitrogen and oxygen atoms in total. The zero-order valence-corrected chi connectivity index (χ0v) is 15.4. The zero-order chi connectivity index (χ0) is 17.6. The van der Waals surface area contributed by atoms with Crippen molar-refractivity contribution in [1.82, 2.24) is 15.0 Å². The van der Waals surface area contributed by atoms with Crippen LogP contribution in [0.2, 0.25) is 0 Å². The van der Waals surface area contributed by atoms with Crippen molar-refractivity contribution in [3.63, 3.8) is 0 Å². The van der Waals surface area contributed by atoms with Gasteiger partial charge >= 0.3 is 0 Å². The van der Waals surface area contributed by atoms with Gasteiger partial charge in [-0.25, -0.2) is 4.98 Å². The molecule has 0 amide bonds. The minimum absolute atomic E-state index is 0.617. The van der Waals surface area contributed by atoms with Crippen LogP contribution in [0.4, 0.5) is 6.01 Å². The van der Waals surface area contributed by atoms with Gasteiger partial charge in [0.1, 0.15) is 5.52 Å². The lowest BCUT2D eigenvalue weighted by molar-refractivity contribution is 0.606. The molecule has 4 rings (SSSR count). The quantitative estimate of drug-likeness (QED) is 0.304. The van der Waals surface area contributed by atoms with Gasteiger partial charge in [-0.2, -0.15) is 4.98 Å². The molecule has 26 heavy (non-hydrogen) atoms. The minimum Gasteiger partial charge on any atom is -0.424 e. The van der Waals surface area contributed by atoms with E-state index in [9.17, 15) is 0 Å². The molecule has 134 valence electrons. The van der Waals surface area contributed by atoms with E-state index in [1.165, 1.54) is 19.3 Å². The Morgan fingerprint density at radius 3 is 2.58 bits per heavy atom. The summed E-state index contributed by atoms with van der Waals surface area (Å²) in [6.07, 6.45) is 4.75. The number of anilines is 1. The van der Waals surface area contributed by atoms with Crippen molar-refractivity contribution >= 4 is 39.9 Å². The summed E-state index contributed by atoms with van der Waals surface area (Å²) in [5, 5.41) is 4.29. The van der Waals surface area contributed by atoms with Gasteiger partial charge in [-0.3, -0.25) is 0 Å². The van der Waals surface area contributed by atoms with Crippen molar-refractivity contribution in [2.24, 2.45) is 0 Å². The van der Waals surface area contributed by atoms with Crippen molar-refractivity contribution in [3.8, 4) is 0 Å². The molecule has 0 unspecified atom stereocenters. The Kier molecular flexibility index (Phi) is 5.40. The number of benzene rings is 2. The van der Waals surface area contributed by atoms with Crippen molar-refractivity contribution in [3.05, 3.63) is 48.5 Å². The predicted molar refractivity (Wildman–Crippen MR) is 108 cm³/mol. The van der Waals surface area contributed by atoms with E-state index in [2.05, 4.69) is 26.3 Å². The SMILES string of the molecule is c1ccc2[nH]c(SCCCCCCNc3nc4ccccc4o3)nc2c1. The van der Waals surface area contributed by atoms with E-state index in [4.69, 9.17) is 4.42 Å². The second kappa shape index (κ2) is 8.27. The van der Waals surface area contributed by atoms with Crippen molar-refractivity contribution in [1.29, 1.82) is 0 Å². The summed E-state index contributed by atoms with van der Waals surface area (Å²) < 4.78 is 5.65. The van der Waals surface area contributed by atoms with Crippen LogP contribution in [0, 0.1) is 0 Å². The summed E-state index contributed by atoms with van der Waals surface area (Å²) in [5.41, 5.74) is 3.88. The zero-order valence-electron chi connectivity index (χ0n) is 14.6. The van der Waals surface area contributed by atoms with E-state index in [1.807, 2.05) is 42.5 Å². The standard InChI is InChI=1S/C20H22N4OS/c1(7-13-21-19-22-17-11-5-6-12-18(17)25-19)2-8-14-26-20-23-15-9-3-4-10-16(15)24-20/h3-6,9-12H,1-2,7-8,13-14H2,(H,21,22)(H,23,24). The van der Waals surface area contributed by atoms with Crippen LogP contribution < -0.4 is 5.32 Å². The lowest BCUT2D eigenvalue weighted by atomic mass is 10.2. The number of rotatable bonds is 9. The van der Waals surface area contributed by atoms with Gasteiger partial charge in [0.05, 0.1) is 11.0 Å². The third kappa shape index (κ3) is 4.19. The molecule has 0 saturated heterocycles. The maximum absolute atomic E-state index is 5.65. The predicted octanol–water partition coefficient (Wildman–Crippen LogP) is 5.47. The van der Waals surface area contributed by atoms with Crippen LogP contribution in [0.25, 0.3) is 22.1 Å². The number of aromatic amines is 1. The smallest absolute Gasteiger partial charge is 0.295 e. The molecule has 0 aliphatic rings. The Bertz CT molecular complexity index is 832. The molecule has 4 aromatic rings. The molecular weight excluding hydrogens is 344 g/mol. The van der Waals surface area contributed by atoms with E-state index >= 15 is 0 Å². The molecule has 2 N–H and O–H groups in total. The average Bonchev–Trinajstić information content (AvgIpc) is 3.26. The highest BCUT2D eigenvalue weighted by Crippen LogP contribution is 2.21. The summed E-state index contributed by atoms with van der Waals surface area (Å²) in [5.74, 6) is 1.10. The lowest BCUT2D eigenvalue weighted by Crippen LogP contribution is -2.01. The molecule has 0 radical (unpaired) electrons. The van der Waals surface area contributed by atoms with Gasteiger partial charge in [0.25, 0.3) is 6.01 Å². The van der Waals surface area contributed by atoms with Crippen LogP contribution in [0.1, 0.15) is 25.7 Å². The molecule has 0 bridgehead atoms. The highest BCUT2D eigenvalue weighted by molar-refractivity contribution is 7.99. The summed E-state index contributed by atoms with van der Waals surface area (Å²) in [6, 6.07) is 16.6. The highest BCUT2D eigenvalue weighted by Gasteiger charge is 2.04. The number of imidazole rings is 1. The number of aromatic nitrogens is 3. The third-order valence-electron chi connectivity index (χ3n) is 4.25. The van der Waals surface area contributed by atoms with Crippen molar-refractivity contribution in [2.45, 2.75) is 30.8 Å². The Labute approximate surface area is 156 Å². The summed E-state index contributed by atoms with van der Waals surface area (Å²) >= 11 is 1.80. The number of hydrogen-bond acceptors (Lipinski definition) is 5. The molecule has 0 spiro atoms. The Morgan fingerprint density at radius 2 is 1.69 bits per heavy atom. The van der Waals surface area contributed by atoms with Gasteiger partial charge in [-0.05, 0) is 37.1 Å². The van der Waals surface area contributed by atoms with E-state index in [-0.39, 0.29) is 0 Å². The van der Waals surface area contributed by atoms with Crippen LogP contribution >= 0.6 is 11.8 Å². The van der Waals surface area contributed by atoms with E-state index in [0.717, 1.165) is 46.0 Å². The molecular formula is C20H22N4OS. The van der Waals surface area contributed by atoms with Crippen LogP contribution in [-0.2, 0) is 0 Å². The van der Waals surface area contributed by atoms with Gasteiger partial charge in [0, 0.05) is 12.3 Å². The number of hydrogen-bond donors (Lipinski definition) is 2. The molecule has 0 fully saturated rings. The molecule has 6 heteroatoms. The molecule has 0 atom stereocenters. The molecule has 2 aromatic carbocycles. The molecule has 0 aliphatic heterocycles. The fourth-order valence-electron chi connectivity index (χ4n) is 2.89. The molecule has 2 heterocycles. The number of para-hydroxylation sites is 4. The van der Waals surface area contributed by atoms with Crippen LogP contribution in [0.3, 0.4) is 0 Å². The Hall–Kier alpha value is -2.47. The molecule has 2 aromatic heterocycles. The first-order valence-electron chi connectivity index (χ1n) is 9.05. The normalized spacial score (nSPS) is 11.4. The number of H-pyrrole nitrogens is 1. The summed E-state index contributed by atoms with van der Waals surface area (Å²) in [6.45, 7) is 0.892. The number of nitrogens with zero attached hydrogens (tertiary/aromatic N) is 2. The van der Waals surface area contributed by atoms with Crippen LogP contribution in [-0.4, -0.2) is 27.2 Å². The van der Waals surface area contributed by atoms with Gasteiger partial charge in [0.15, 0.2) is 10.7 Å². The van der Waals surface area contributed by atoms with Crippen molar-refractivity contribution < 1.29 is 4.42 Å². The number of thioether (sulfide) groups is 1. The second-order valence-corrected chi connectivity index (χ2v) is 7.32. The van der Waals surface area contributed by atoms with Crippen LogP contribution in [0.15, 0.2) is 58.1 Å². The van der Waals surface area contributed by atoms with E-state index < -0.39 is 0 Å². The highest BCUT2D eigenvalue weighted by atomic mass is 32.2. The first-order valence-corrected chi connectivity index (χ1v) is 10.0. The fourth-order valence-corrected chi connectivity index (χ4v) is 3.78. The van der Waals surface area contributed by atoms with Crippen LogP contribution in [0.5, 0.6) is 0 Å². The first kappa shape index (κ1) is 17.0. The third-order valence-corrected chi connectivity index (χ3v) is 5.21. The summed E-state index contributed by atoms with van der Waals surface area (Å²) in [7, 11) is 0. The molecule has 0 aliphatic carbocycles. The number of oxazole rings is 1. The maximum atomic E-state index is 5.65. The average molecular weight is 366 g/mol. The number of fused-ring (bicyclic) bond motifs is 2. The minimum atomic E-state index is 0.617. The molecule has 0 saturated carbocycles. The number of nitrogens with one attached hydrogen (secondary N) is 2. The monoisotopic (exact) mass is 366 g/mol. The summed E-state index contributed by atoms with van der Waals surface area (Å²) in [4.78, 5) is 12.4. The van der Waals surface area contributed by atoms with Gasteiger partial charge in [-0.15, -0.1) is 0 Å². The second-order valence-electron chi connectivity index (χ2n) is 6.24. The Balaban J connectivity index is 1.10. The fraction of sp³-hybridized carbons (Fsp3) is 0.300. The van der Waals surface area contributed by atoms with Crippen molar-refractivity contribution in [2.75, 3.05) is 17.6 Å². The topological polar surface area (TPSA) is 66.7 Å². The largest absolute Gasteiger partial charge is 0.424 e. The van der Waals surface area contributed by atoms with Gasteiger partial charge in [-0.1, -0.05) is 48.9 Å². The maximum Gasteiger partial charge on any atom is 0.295 e. The lowest BCUT2D eigenvalue weighted by Gasteiger charge is -2.02. The van der Waals surface area contributed by atoms with Gasteiger partial charge < -0.3 is 14.7 Å².